The largest absolute Gasteiger partial charge is 0.350 e. The van der Waals surface area contributed by atoms with Crippen LogP contribution in [0.5, 0.6) is 0 Å². The lowest BCUT2D eigenvalue weighted by Crippen LogP contribution is -2.24. The number of amides is 1. The second-order valence-corrected chi connectivity index (χ2v) is 7.76. The monoisotopic (exact) mass is 416 g/mol. The van der Waals surface area contributed by atoms with Gasteiger partial charge < -0.3 is 9.88 Å². The molecule has 4 aromatic rings. The zero-order valence-corrected chi connectivity index (χ0v) is 17.7. The maximum Gasteiger partial charge on any atom is 0.222 e. The maximum absolute atomic E-state index is 13.3. The Hall–Kier alpha value is -3.54. The molecule has 0 atom stereocenters. The zero-order valence-electron chi connectivity index (χ0n) is 17.7. The van der Waals surface area contributed by atoms with Gasteiger partial charge in [0.25, 0.3) is 0 Å². The molecule has 0 aliphatic carbocycles. The first-order valence-corrected chi connectivity index (χ1v) is 10.4. The highest BCUT2D eigenvalue weighted by Gasteiger charge is 2.14. The SMILES string of the molecule is Cc1cc2nc(Cc3ccc(F)cc3)n(CCC(=O)NCc3ccccn3)c2cc1C. The summed E-state index contributed by atoms with van der Waals surface area (Å²) in [6, 6.07) is 16.3. The number of pyridine rings is 1. The number of benzene rings is 2. The van der Waals surface area contributed by atoms with E-state index in [0.717, 1.165) is 28.1 Å². The summed E-state index contributed by atoms with van der Waals surface area (Å²) >= 11 is 0. The first-order chi connectivity index (χ1) is 15.0. The Kier molecular flexibility index (Phi) is 6.07. The fraction of sp³-hybridized carbons (Fsp3) is 0.240. The summed E-state index contributed by atoms with van der Waals surface area (Å²) in [5.41, 5.74) is 6.09. The van der Waals surface area contributed by atoms with Crippen molar-refractivity contribution < 1.29 is 9.18 Å². The van der Waals surface area contributed by atoms with Gasteiger partial charge in [0.1, 0.15) is 11.6 Å². The number of aryl methyl sites for hydroxylation is 3. The van der Waals surface area contributed by atoms with Crippen molar-refractivity contribution in [2.45, 2.75) is 39.8 Å². The summed E-state index contributed by atoms with van der Waals surface area (Å²) in [6.07, 6.45) is 2.62. The first kappa shape index (κ1) is 20.7. The van der Waals surface area contributed by atoms with Crippen LogP contribution in [0, 0.1) is 19.7 Å². The van der Waals surface area contributed by atoms with Crippen LogP contribution in [0.4, 0.5) is 4.39 Å². The highest BCUT2D eigenvalue weighted by Crippen LogP contribution is 2.23. The average Bonchev–Trinajstić information content (AvgIpc) is 3.09. The molecule has 0 aliphatic heterocycles. The number of nitrogens with one attached hydrogen (secondary N) is 1. The molecule has 0 bridgehead atoms. The quantitative estimate of drug-likeness (QED) is 0.483. The van der Waals surface area contributed by atoms with Gasteiger partial charge in [-0.3, -0.25) is 9.78 Å². The predicted molar refractivity (Wildman–Crippen MR) is 119 cm³/mol. The van der Waals surface area contributed by atoms with Crippen molar-refractivity contribution in [2.75, 3.05) is 0 Å². The molecular weight excluding hydrogens is 391 g/mol. The number of hydrogen-bond acceptors (Lipinski definition) is 3. The van der Waals surface area contributed by atoms with Crippen LogP contribution in [0.3, 0.4) is 0 Å². The van der Waals surface area contributed by atoms with Crippen molar-refractivity contribution in [3.8, 4) is 0 Å². The second-order valence-electron chi connectivity index (χ2n) is 7.76. The van der Waals surface area contributed by atoms with Crippen LogP contribution in [0.2, 0.25) is 0 Å². The third-order valence-electron chi connectivity index (χ3n) is 5.47. The lowest BCUT2D eigenvalue weighted by Gasteiger charge is -2.11. The Bertz CT molecular complexity index is 1200. The molecule has 0 unspecified atom stereocenters. The van der Waals surface area contributed by atoms with Crippen LogP contribution < -0.4 is 5.32 Å². The van der Waals surface area contributed by atoms with Gasteiger partial charge in [0.2, 0.25) is 5.91 Å². The lowest BCUT2D eigenvalue weighted by atomic mass is 10.1. The standard InChI is InChI=1S/C25H25FN4O/c1-17-13-22-23(14-18(17)2)30(24(29-22)15-19-6-8-20(26)9-7-19)12-10-25(31)28-16-21-5-3-4-11-27-21/h3-9,11,13-14H,10,12,15-16H2,1-2H3,(H,28,31). The molecule has 6 heteroatoms. The number of aromatic nitrogens is 3. The molecule has 2 aromatic heterocycles. The van der Waals surface area contributed by atoms with E-state index in [0.29, 0.717) is 25.9 Å². The fourth-order valence-electron chi connectivity index (χ4n) is 3.59. The molecule has 1 N–H and O–H groups in total. The molecule has 0 spiro atoms. The van der Waals surface area contributed by atoms with Crippen molar-refractivity contribution in [3.63, 3.8) is 0 Å². The number of imidazole rings is 1. The zero-order chi connectivity index (χ0) is 21.8. The Morgan fingerprint density at radius 1 is 1.06 bits per heavy atom. The molecule has 2 aromatic carbocycles. The van der Waals surface area contributed by atoms with Gasteiger partial charge in [0.15, 0.2) is 0 Å². The van der Waals surface area contributed by atoms with E-state index in [1.807, 2.05) is 18.2 Å². The van der Waals surface area contributed by atoms with Crippen LogP contribution in [0.15, 0.2) is 60.8 Å². The Morgan fingerprint density at radius 2 is 1.84 bits per heavy atom. The first-order valence-electron chi connectivity index (χ1n) is 10.4. The molecule has 158 valence electrons. The lowest BCUT2D eigenvalue weighted by molar-refractivity contribution is -0.121. The van der Waals surface area contributed by atoms with Crippen molar-refractivity contribution >= 4 is 16.9 Å². The van der Waals surface area contributed by atoms with Crippen LogP contribution >= 0.6 is 0 Å². The number of carbonyl (C=O) groups excluding carboxylic acids is 1. The van der Waals surface area contributed by atoms with Gasteiger partial charge in [0.05, 0.1) is 23.3 Å². The highest BCUT2D eigenvalue weighted by molar-refractivity contribution is 5.79. The molecular formula is C25H25FN4O. The molecule has 5 nitrogen and oxygen atoms in total. The molecule has 0 fully saturated rings. The number of halogens is 1. The maximum atomic E-state index is 13.3. The van der Waals surface area contributed by atoms with Crippen molar-refractivity contribution in [3.05, 3.63) is 94.8 Å². The number of fused-ring (bicyclic) bond motifs is 1. The minimum Gasteiger partial charge on any atom is -0.350 e. The fourth-order valence-corrected chi connectivity index (χ4v) is 3.59. The third-order valence-corrected chi connectivity index (χ3v) is 5.47. The van der Waals surface area contributed by atoms with E-state index in [9.17, 15) is 9.18 Å². The van der Waals surface area contributed by atoms with Crippen molar-refractivity contribution in [1.82, 2.24) is 19.9 Å². The molecule has 0 aliphatic rings. The average molecular weight is 417 g/mol. The van der Waals surface area contributed by atoms with E-state index in [1.54, 1.807) is 18.3 Å². The molecule has 2 heterocycles. The smallest absolute Gasteiger partial charge is 0.222 e. The summed E-state index contributed by atoms with van der Waals surface area (Å²) in [4.78, 5) is 21.5. The molecule has 1 amide bonds. The van der Waals surface area contributed by atoms with Gasteiger partial charge in [-0.1, -0.05) is 18.2 Å². The third kappa shape index (κ3) is 4.97. The van der Waals surface area contributed by atoms with Crippen LogP contribution in [0.25, 0.3) is 11.0 Å². The van der Waals surface area contributed by atoms with Crippen molar-refractivity contribution in [1.29, 1.82) is 0 Å². The number of nitrogens with zero attached hydrogens (tertiary/aromatic N) is 3. The van der Waals surface area contributed by atoms with Crippen LogP contribution in [-0.4, -0.2) is 20.4 Å². The summed E-state index contributed by atoms with van der Waals surface area (Å²) in [7, 11) is 0. The van der Waals surface area contributed by atoms with Crippen LogP contribution in [-0.2, 0) is 24.3 Å². The Morgan fingerprint density at radius 3 is 2.58 bits per heavy atom. The summed E-state index contributed by atoms with van der Waals surface area (Å²) in [6.45, 7) is 5.07. The predicted octanol–water partition coefficient (Wildman–Crippen LogP) is 4.48. The normalized spacial score (nSPS) is 11.1. The van der Waals surface area contributed by atoms with E-state index < -0.39 is 0 Å². The molecule has 0 saturated carbocycles. The number of hydrogen-bond donors (Lipinski definition) is 1. The summed E-state index contributed by atoms with van der Waals surface area (Å²) in [5, 5.41) is 2.93. The highest BCUT2D eigenvalue weighted by atomic mass is 19.1. The van der Waals surface area contributed by atoms with Gasteiger partial charge in [-0.05, 0) is 66.9 Å². The molecule has 4 rings (SSSR count). The summed E-state index contributed by atoms with van der Waals surface area (Å²) < 4.78 is 15.4. The summed E-state index contributed by atoms with van der Waals surface area (Å²) in [5.74, 6) is 0.571. The molecule has 0 saturated heterocycles. The number of rotatable bonds is 7. The second kappa shape index (κ2) is 9.08. The van der Waals surface area contributed by atoms with E-state index in [-0.39, 0.29) is 11.7 Å². The van der Waals surface area contributed by atoms with E-state index in [4.69, 9.17) is 4.98 Å². The van der Waals surface area contributed by atoms with Gasteiger partial charge in [0, 0.05) is 25.6 Å². The molecule has 0 radical (unpaired) electrons. The van der Waals surface area contributed by atoms with Crippen LogP contribution in [0.1, 0.15) is 34.6 Å². The van der Waals surface area contributed by atoms with E-state index in [1.165, 1.54) is 23.3 Å². The number of carbonyl (C=O) groups is 1. The topological polar surface area (TPSA) is 59.8 Å². The van der Waals surface area contributed by atoms with Gasteiger partial charge in [-0.15, -0.1) is 0 Å². The van der Waals surface area contributed by atoms with Gasteiger partial charge in [-0.2, -0.15) is 0 Å². The molecule has 31 heavy (non-hydrogen) atoms. The minimum atomic E-state index is -0.256. The minimum absolute atomic E-state index is 0.0379. The van der Waals surface area contributed by atoms with Crippen molar-refractivity contribution in [2.24, 2.45) is 0 Å². The Labute approximate surface area is 181 Å². The van der Waals surface area contributed by atoms with E-state index >= 15 is 0 Å². The van der Waals surface area contributed by atoms with Gasteiger partial charge >= 0.3 is 0 Å². The van der Waals surface area contributed by atoms with E-state index in [2.05, 4.69) is 40.8 Å². The Balaban J connectivity index is 1.54. The van der Waals surface area contributed by atoms with Gasteiger partial charge in [-0.25, -0.2) is 9.37 Å².